The Morgan fingerprint density at radius 1 is 1.67 bits per heavy atom. The molecule has 0 aliphatic carbocycles. The third-order valence-corrected chi connectivity index (χ3v) is 2.92. The minimum Gasteiger partial charge on any atom is -0.380 e. The molecular weight excluding hydrogens is 298 g/mol. The molecule has 0 radical (unpaired) electrons. The Bertz CT molecular complexity index is 457. The number of nitrogens with one attached hydrogen (secondary N) is 1. The molecule has 0 aromatic carbocycles. The van der Waals surface area contributed by atoms with Gasteiger partial charge in [-0.05, 0) is 29.8 Å². The van der Waals surface area contributed by atoms with E-state index in [1.807, 2.05) is 13.8 Å². The second-order valence-corrected chi connectivity index (χ2v) is 4.79. The van der Waals surface area contributed by atoms with Gasteiger partial charge in [-0.3, -0.25) is 4.79 Å². The number of nitrogens with zero attached hydrogens (tertiary/aromatic N) is 2. The van der Waals surface area contributed by atoms with Gasteiger partial charge >= 0.3 is 0 Å². The van der Waals surface area contributed by atoms with E-state index >= 15 is 0 Å². The van der Waals surface area contributed by atoms with E-state index in [-0.39, 0.29) is 11.7 Å². The predicted molar refractivity (Wildman–Crippen MR) is 76.0 cm³/mol. The molecule has 1 aromatic heterocycles. The molecule has 0 aliphatic heterocycles. The summed E-state index contributed by atoms with van der Waals surface area (Å²) in [6, 6.07) is 0. The molecule has 0 aliphatic rings. The van der Waals surface area contributed by atoms with Crippen LogP contribution in [-0.4, -0.2) is 29.0 Å². The average molecular weight is 316 g/mol. The van der Waals surface area contributed by atoms with Gasteiger partial charge in [-0.15, -0.1) is 6.58 Å². The summed E-state index contributed by atoms with van der Waals surface area (Å²) in [6.07, 6.45) is 3.45. The van der Waals surface area contributed by atoms with Crippen LogP contribution in [0.25, 0.3) is 0 Å². The lowest BCUT2D eigenvalue weighted by Gasteiger charge is -2.11. The average Bonchev–Trinajstić information content (AvgIpc) is 2.33. The third kappa shape index (κ3) is 4.27. The number of anilines is 1. The summed E-state index contributed by atoms with van der Waals surface area (Å²) >= 11 is 3.27. The van der Waals surface area contributed by atoms with E-state index in [1.54, 1.807) is 12.3 Å². The summed E-state index contributed by atoms with van der Waals surface area (Å²) in [5.74, 6) is 0. The summed E-state index contributed by atoms with van der Waals surface area (Å²) in [4.78, 5) is 11.9. The van der Waals surface area contributed by atoms with E-state index in [2.05, 4.69) is 32.9 Å². The highest BCUT2D eigenvalue weighted by Crippen LogP contribution is 2.15. The maximum absolute atomic E-state index is 11.9. The molecule has 0 spiro atoms. The number of rotatable bonds is 7. The molecule has 1 rings (SSSR count). The van der Waals surface area contributed by atoms with Gasteiger partial charge in [0.2, 0.25) is 0 Å². The second kappa shape index (κ2) is 7.33. The molecule has 5 nitrogen and oxygen atoms in total. The molecule has 0 fully saturated rings. The maximum Gasteiger partial charge on any atom is 0.283 e. The summed E-state index contributed by atoms with van der Waals surface area (Å²) in [5, 5.41) is 7.15. The van der Waals surface area contributed by atoms with Gasteiger partial charge in [0.05, 0.1) is 31.1 Å². The molecule has 1 aromatic rings. The molecule has 1 heterocycles. The minimum atomic E-state index is -0.176. The molecule has 0 unspecified atom stereocenters. The number of hydrogen-bond acceptors (Lipinski definition) is 4. The monoisotopic (exact) mass is 315 g/mol. The van der Waals surface area contributed by atoms with Crippen LogP contribution >= 0.6 is 15.9 Å². The highest BCUT2D eigenvalue weighted by molar-refractivity contribution is 9.10. The largest absolute Gasteiger partial charge is 0.380 e. The van der Waals surface area contributed by atoms with Gasteiger partial charge in [0.25, 0.3) is 5.56 Å². The first kappa shape index (κ1) is 14.9. The number of allylic oxidation sites excluding steroid dienone is 1. The third-order valence-electron chi connectivity index (χ3n) is 2.16. The molecule has 0 saturated carbocycles. The fourth-order valence-electron chi connectivity index (χ4n) is 1.32. The summed E-state index contributed by atoms with van der Waals surface area (Å²) in [7, 11) is 0. The first-order valence-electron chi connectivity index (χ1n) is 5.78. The van der Waals surface area contributed by atoms with Crippen LogP contribution in [0.15, 0.2) is 28.1 Å². The van der Waals surface area contributed by atoms with Crippen molar-refractivity contribution < 1.29 is 4.74 Å². The molecule has 100 valence electrons. The fraction of sp³-hybridized carbons (Fsp3) is 0.500. The summed E-state index contributed by atoms with van der Waals surface area (Å²) < 4.78 is 7.22. The SMILES string of the molecule is C=CCn1ncc(NCCOC(C)C)c(Br)c1=O. The van der Waals surface area contributed by atoms with Crippen molar-refractivity contribution in [2.24, 2.45) is 0 Å². The van der Waals surface area contributed by atoms with Crippen molar-refractivity contribution >= 4 is 21.6 Å². The number of halogens is 1. The highest BCUT2D eigenvalue weighted by Gasteiger charge is 2.07. The first-order valence-corrected chi connectivity index (χ1v) is 6.57. The van der Waals surface area contributed by atoms with Crippen molar-refractivity contribution in [1.29, 1.82) is 0 Å². The predicted octanol–water partition coefficient (Wildman–Crippen LogP) is 2.03. The van der Waals surface area contributed by atoms with Crippen molar-refractivity contribution in [1.82, 2.24) is 9.78 Å². The van der Waals surface area contributed by atoms with Crippen LogP contribution in [0.1, 0.15) is 13.8 Å². The molecule has 1 N–H and O–H groups in total. The summed E-state index contributed by atoms with van der Waals surface area (Å²) in [5.41, 5.74) is 0.498. The van der Waals surface area contributed by atoms with Crippen LogP contribution in [0.2, 0.25) is 0 Å². The zero-order valence-corrected chi connectivity index (χ0v) is 12.2. The Morgan fingerprint density at radius 3 is 3.00 bits per heavy atom. The molecule has 6 heteroatoms. The zero-order chi connectivity index (χ0) is 13.5. The van der Waals surface area contributed by atoms with Gasteiger partial charge in [-0.2, -0.15) is 5.10 Å². The lowest BCUT2D eigenvalue weighted by molar-refractivity contribution is 0.0870. The van der Waals surface area contributed by atoms with Crippen LogP contribution in [0.3, 0.4) is 0 Å². The number of hydrogen-bond donors (Lipinski definition) is 1. The van der Waals surface area contributed by atoms with Crippen molar-refractivity contribution in [3.8, 4) is 0 Å². The topological polar surface area (TPSA) is 56.1 Å². The number of aromatic nitrogens is 2. The van der Waals surface area contributed by atoms with Gasteiger partial charge in [0.1, 0.15) is 4.47 Å². The smallest absolute Gasteiger partial charge is 0.283 e. The maximum atomic E-state index is 11.9. The van der Waals surface area contributed by atoms with Crippen LogP contribution in [0.4, 0.5) is 5.69 Å². The zero-order valence-electron chi connectivity index (χ0n) is 10.6. The molecule has 0 bridgehead atoms. The van der Waals surface area contributed by atoms with E-state index in [0.717, 1.165) is 0 Å². The van der Waals surface area contributed by atoms with E-state index in [1.165, 1.54) is 4.68 Å². The van der Waals surface area contributed by atoms with Crippen LogP contribution in [0.5, 0.6) is 0 Å². The Morgan fingerprint density at radius 2 is 2.39 bits per heavy atom. The van der Waals surface area contributed by atoms with Crippen LogP contribution in [-0.2, 0) is 11.3 Å². The normalized spacial score (nSPS) is 10.7. The van der Waals surface area contributed by atoms with Gasteiger partial charge < -0.3 is 10.1 Å². The minimum absolute atomic E-state index is 0.176. The molecule has 0 saturated heterocycles. The van der Waals surface area contributed by atoms with E-state index in [4.69, 9.17) is 4.74 Å². The molecule has 0 atom stereocenters. The summed E-state index contributed by atoms with van der Waals surface area (Å²) in [6.45, 7) is 9.15. The fourth-order valence-corrected chi connectivity index (χ4v) is 1.77. The number of ether oxygens (including phenoxy) is 1. The van der Waals surface area contributed by atoms with Crippen LogP contribution < -0.4 is 10.9 Å². The Hall–Kier alpha value is -1.14. The van der Waals surface area contributed by atoms with Gasteiger partial charge in [-0.25, -0.2) is 4.68 Å². The highest BCUT2D eigenvalue weighted by atomic mass is 79.9. The Labute approximate surface area is 115 Å². The van der Waals surface area contributed by atoms with Crippen molar-refractivity contribution in [3.05, 3.63) is 33.7 Å². The quantitative estimate of drug-likeness (QED) is 0.618. The van der Waals surface area contributed by atoms with Crippen molar-refractivity contribution in [3.63, 3.8) is 0 Å². The molecule has 0 amide bonds. The lowest BCUT2D eigenvalue weighted by atomic mass is 10.4. The van der Waals surface area contributed by atoms with Crippen molar-refractivity contribution in [2.45, 2.75) is 26.5 Å². The second-order valence-electron chi connectivity index (χ2n) is 3.99. The van der Waals surface area contributed by atoms with Crippen molar-refractivity contribution in [2.75, 3.05) is 18.5 Å². The van der Waals surface area contributed by atoms with E-state index < -0.39 is 0 Å². The Kier molecular flexibility index (Phi) is 6.07. The van der Waals surface area contributed by atoms with Gasteiger partial charge in [-0.1, -0.05) is 6.08 Å². The van der Waals surface area contributed by atoms with Gasteiger partial charge in [0, 0.05) is 6.54 Å². The molecular formula is C12H18BrN3O2. The Balaban J connectivity index is 2.65. The molecule has 18 heavy (non-hydrogen) atoms. The standard InChI is InChI=1S/C12H18BrN3O2/c1-4-6-16-12(17)11(13)10(8-15-16)14-5-7-18-9(2)3/h4,8-9,14H,1,5-7H2,2-3H3. The first-order chi connectivity index (χ1) is 8.56. The van der Waals surface area contributed by atoms with E-state index in [0.29, 0.717) is 29.9 Å². The van der Waals surface area contributed by atoms with E-state index in [9.17, 15) is 4.79 Å². The van der Waals surface area contributed by atoms with Gasteiger partial charge in [0.15, 0.2) is 0 Å². The lowest BCUT2D eigenvalue weighted by Crippen LogP contribution is -2.24. The van der Waals surface area contributed by atoms with Crippen LogP contribution in [0, 0.1) is 0 Å².